The zero-order valence-corrected chi connectivity index (χ0v) is 47.2. The number of hydrogen-bond donors (Lipinski definition) is 0. The van der Waals surface area contributed by atoms with Crippen LogP contribution in [0.4, 0.5) is 0 Å². The van der Waals surface area contributed by atoms with E-state index in [-0.39, 0.29) is 6.85 Å². The van der Waals surface area contributed by atoms with Crippen molar-refractivity contribution in [3.63, 3.8) is 0 Å². The molecule has 0 N–H and O–H groups in total. The molecular weight excluding hydrogens is 942 g/mol. The summed E-state index contributed by atoms with van der Waals surface area (Å²) in [6.45, 7) is 29.2. The average molecular weight is 1000 g/mol. The molecule has 4 heterocycles. The van der Waals surface area contributed by atoms with Gasteiger partial charge in [-0.05, 0) is 273 Å². The first-order valence-corrected chi connectivity index (χ1v) is 27.7. The van der Waals surface area contributed by atoms with E-state index in [1.54, 1.807) is 0 Å². The van der Waals surface area contributed by atoms with Gasteiger partial charge in [-0.15, -0.1) is 0 Å². The molecular formula is C74H62BN3. The second-order valence-electron chi connectivity index (χ2n) is 23.6. The summed E-state index contributed by atoms with van der Waals surface area (Å²) in [5.41, 5.74) is 41.2. The Morgan fingerprint density at radius 3 is 1.26 bits per heavy atom. The van der Waals surface area contributed by atoms with Crippen LogP contribution in [0.2, 0.25) is 0 Å². The van der Waals surface area contributed by atoms with Crippen LogP contribution >= 0.6 is 0 Å². The first-order valence-electron chi connectivity index (χ1n) is 27.7. The first kappa shape index (κ1) is 47.8. The number of nitriles is 1. The van der Waals surface area contributed by atoms with Gasteiger partial charge in [0.05, 0.1) is 22.7 Å². The second-order valence-corrected chi connectivity index (χ2v) is 23.6. The lowest BCUT2D eigenvalue weighted by Crippen LogP contribution is -2.55. The van der Waals surface area contributed by atoms with E-state index in [0.29, 0.717) is 5.56 Å². The van der Waals surface area contributed by atoms with Crippen LogP contribution in [0.15, 0.2) is 140 Å². The summed E-state index contributed by atoms with van der Waals surface area (Å²) >= 11 is 0. The molecule has 0 amide bonds. The third-order valence-electron chi connectivity index (χ3n) is 17.9. The zero-order valence-electron chi connectivity index (χ0n) is 47.2. The number of aromatic nitrogens is 2. The van der Waals surface area contributed by atoms with Crippen LogP contribution < -0.4 is 10.9 Å². The maximum absolute atomic E-state index is 10.0. The Morgan fingerprint density at radius 2 is 0.769 bits per heavy atom. The number of nitrogens with zero attached hydrogens (tertiary/aromatic N) is 3. The van der Waals surface area contributed by atoms with Crippen molar-refractivity contribution >= 4 is 61.4 Å². The number of benzene rings is 10. The minimum absolute atomic E-state index is 0.162. The Kier molecular flexibility index (Phi) is 10.4. The Bertz CT molecular complexity index is 4660. The lowest BCUT2D eigenvalue weighted by atomic mass is 9.45. The van der Waals surface area contributed by atoms with Crippen LogP contribution in [0.3, 0.4) is 0 Å². The fraction of sp³-hybridized carbons (Fsp3) is 0.176. The van der Waals surface area contributed by atoms with E-state index in [4.69, 9.17) is 0 Å². The van der Waals surface area contributed by atoms with Crippen LogP contribution in [0.5, 0.6) is 0 Å². The van der Waals surface area contributed by atoms with E-state index < -0.39 is 0 Å². The normalized spacial score (nSPS) is 12.4. The van der Waals surface area contributed by atoms with E-state index in [2.05, 4.69) is 233 Å². The summed E-state index contributed by atoms with van der Waals surface area (Å²) in [4.78, 5) is 0. The van der Waals surface area contributed by atoms with E-state index in [1.165, 1.54) is 194 Å². The summed E-state index contributed by atoms with van der Waals surface area (Å²) in [6, 6.07) is 56.6. The molecule has 376 valence electrons. The predicted molar refractivity (Wildman–Crippen MR) is 333 cm³/mol. The zero-order chi connectivity index (χ0) is 54.1. The van der Waals surface area contributed by atoms with Crippen molar-refractivity contribution < 1.29 is 0 Å². The number of hydrogen-bond acceptors (Lipinski definition) is 1. The second kappa shape index (κ2) is 16.9. The maximum atomic E-state index is 10.0. The van der Waals surface area contributed by atoms with Crippen LogP contribution in [-0.4, -0.2) is 15.9 Å². The van der Waals surface area contributed by atoms with Gasteiger partial charge in [0.15, 0.2) is 0 Å². The molecule has 3 nitrogen and oxygen atoms in total. The van der Waals surface area contributed by atoms with Crippen molar-refractivity contribution in [2.75, 3.05) is 0 Å². The Morgan fingerprint density at radius 1 is 0.359 bits per heavy atom. The molecule has 0 fully saturated rings. The summed E-state index contributed by atoms with van der Waals surface area (Å²) < 4.78 is 5.38. The van der Waals surface area contributed by atoms with Crippen LogP contribution in [-0.2, 0) is 0 Å². The monoisotopic (exact) mass is 1000 g/mol. The summed E-state index contributed by atoms with van der Waals surface area (Å²) in [6.07, 6.45) is 0. The molecule has 0 atom stereocenters. The topological polar surface area (TPSA) is 33.6 Å². The molecule has 0 saturated heterocycles. The standard InChI is InChI=1S/C74H62BN3/c1-38-22-42(5)67(43(6)23-38)53-18-20-64-58(30-53)61-33-56(70-48(11)28-41(4)29-49(70)12)35-63-74(61)77(64)66-36-57(52-16-14-51(37-76)15-17-52)50(13)71-62-34-55(69-46(9)26-40(3)27-47(69)10)32-60-59-31-54(68-44(7)24-39(2)25-45(68)8)19-21-65(59)78(73(60)62)75(63)72(66)71/h14-36H,1-13H3. The average Bonchev–Trinajstić information content (AvgIpc) is 4.08. The van der Waals surface area contributed by atoms with Crippen LogP contribution in [0.25, 0.3) is 116 Å². The molecule has 0 saturated carbocycles. The van der Waals surface area contributed by atoms with E-state index in [0.717, 1.165) is 5.56 Å². The first-order chi connectivity index (χ1) is 37.5. The third-order valence-corrected chi connectivity index (χ3v) is 17.9. The molecule has 0 radical (unpaired) electrons. The quantitative estimate of drug-likeness (QED) is 0.158. The van der Waals surface area contributed by atoms with Gasteiger partial charge in [0.2, 0.25) is 0 Å². The molecule has 14 rings (SSSR count). The summed E-state index contributed by atoms with van der Waals surface area (Å²) in [5, 5.41) is 15.1. The van der Waals surface area contributed by atoms with E-state index in [1.807, 2.05) is 12.1 Å². The molecule has 0 spiro atoms. The minimum Gasteiger partial charge on any atom is -0.375 e. The fourth-order valence-electron chi connectivity index (χ4n) is 15.5. The van der Waals surface area contributed by atoms with Crippen molar-refractivity contribution in [2.24, 2.45) is 0 Å². The Hall–Kier alpha value is -8.65. The number of fused-ring (bicyclic) bond motifs is 10. The molecule has 2 aromatic heterocycles. The van der Waals surface area contributed by atoms with Gasteiger partial charge in [0.25, 0.3) is 0 Å². The SMILES string of the molecule is Cc1cc(C)c(-c2ccc3c(c2)c2cc(-c4c(C)cc(C)cc4C)cc4c2n3B2c3c(cc(-c5ccc(C#N)cc5)c(C)c3-4)-n3c4ccc(-c5c(C)cc(C)cc5C)cc4c4cc(-c5c(C)cc(C)cc5C)cc2c43)c(C)c1. The van der Waals surface area contributed by atoms with Gasteiger partial charge >= 0.3 is 6.85 Å². The van der Waals surface area contributed by atoms with E-state index >= 15 is 0 Å². The lowest BCUT2D eigenvalue weighted by molar-refractivity contribution is 1.17. The fourth-order valence-corrected chi connectivity index (χ4v) is 15.5. The highest BCUT2D eigenvalue weighted by molar-refractivity contribution is 6.90. The van der Waals surface area contributed by atoms with Gasteiger partial charge in [0.1, 0.15) is 0 Å². The molecule has 4 heteroatoms. The smallest absolute Gasteiger partial charge is 0.333 e. The van der Waals surface area contributed by atoms with Crippen molar-refractivity contribution in [3.8, 4) is 78.5 Å². The maximum Gasteiger partial charge on any atom is 0.333 e. The van der Waals surface area contributed by atoms with Crippen molar-refractivity contribution in [2.45, 2.75) is 90.0 Å². The third kappa shape index (κ3) is 6.77. The highest BCUT2D eigenvalue weighted by Crippen LogP contribution is 2.50. The van der Waals surface area contributed by atoms with Crippen molar-refractivity contribution in [1.29, 1.82) is 5.26 Å². The number of rotatable bonds is 5. The molecule has 12 aromatic rings. The van der Waals surface area contributed by atoms with Gasteiger partial charge in [0, 0.05) is 43.8 Å². The molecule has 2 aliphatic heterocycles. The molecule has 0 unspecified atom stereocenters. The van der Waals surface area contributed by atoms with E-state index in [9.17, 15) is 5.26 Å². The highest BCUT2D eigenvalue weighted by atomic mass is 15.0. The highest BCUT2D eigenvalue weighted by Gasteiger charge is 2.43. The van der Waals surface area contributed by atoms with Gasteiger partial charge in [-0.2, -0.15) is 5.26 Å². The molecule has 78 heavy (non-hydrogen) atoms. The lowest BCUT2D eigenvalue weighted by Gasteiger charge is -2.36. The minimum atomic E-state index is -0.162. The van der Waals surface area contributed by atoms with Crippen LogP contribution in [0.1, 0.15) is 77.9 Å². The van der Waals surface area contributed by atoms with Gasteiger partial charge in [-0.1, -0.05) is 101 Å². The van der Waals surface area contributed by atoms with Crippen molar-refractivity contribution in [1.82, 2.24) is 9.05 Å². The van der Waals surface area contributed by atoms with Gasteiger partial charge in [-0.25, -0.2) is 0 Å². The predicted octanol–water partition coefficient (Wildman–Crippen LogP) is 18.1. The Balaban J connectivity index is 1.19. The molecule has 10 aromatic carbocycles. The van der Waals surface area contributed by atoms with Gasteiger partial charge in [-0.3, -0.25) is 0 Å². The Labute approximate surface area is 459 Å². The van der Waals surface area contributed by atoms with Crippen molar-refractivity contribution in [3.05, 3.63) is 217 Å². The molecule has 0 aliphatic carbocycles. The van der Waals surface area contributed by atoms with Gasteiger partial charge < -0.3 is 9.05 Å². The summed E-state index contributed by atoms with van der Waals surface area (Å²) in [7, 11) is 0. The number of aryl methyl sites for hydroxylation is 12. The molecule has 0 bridgehead atoms. The van der Waals surface area contributed by atoms with Crippen LogP contribution in [0, 0.1) is 101 Å². The summed E-state index contributed by atoms with van der Waals surface area (Å²) in [5.74, 6) is 0. The largest absolute Gasteiger partial charge is 0.375 e. The molecule has 2 aliphatic rings.